The molecule has 0 bridgehead atoms. The van der Waals surface area contributed by atoms with E-state index in [9.17, 15) is 4.39 Å². The molecular weight excluding hydrogens is 257 g/mol. The van der Waals surface area contributed by atoms with Gasteiger partial charge in [-0.15, -0.1) is 0 Å². The second kappa shape index (κ2) is 6.45. The SMILES string of the molecule is COc1ccc(CC(NN)c2ccnc(C)c2)cc1F. The highest BCUT2D eigenvalue weighted by atomic mass is 19.1. The third-order valence-electron chi connectivity index (χ3n) is 3.18. The van der Waals surface area contributed by atoms with Gasteiger partial charge in [0.2, 0.25) is 0 Å². The fraction of sp³-hybridized carbons (Fsp3) is 0.267. The zero-order valence-electron chi connectivity index (χ0n) is 11.6. The Bertz CT molecular complexity index is 589. The second-order valence-corrected chi connectivity index (χ2v) is 4.62. The Morgan fingerprint density at radius 2 is 2.15 bits per heavy atom. The summed E-state index contributed by atoms with van der Waals surface area (Å²) in [7, 11) is 1.45. The van der Waals surface area contributed by atoms with Gasteiger partial charge in [0.05, 0.1) is 13.2 Å². The van der Waals surface area contributed by atoms with E-state index in [4.69, 9.17) is 10.6 Å². The van der Waals surface area contributed by atoms with Crippen LogP contribution in [0.2, 0.25) is 0 Å². The van der Waals surface area contributed by atoms with Crippen molar-refractivity contribution in [2.24, 2.45) is 5.84 Å². The smallest absolute Gasteiger partial charge is 0.165 e. The van der Waals surface area contributed by atoms with Crippen molar-refractivity contribution in [1.29, 1.82) is 0 Å². The number of rotatable bonds is 5. The second-order valence-electron chi connectivity index (χ2n) is 4.62. The predicted octanol–water partition coefficient (Wildman–Crippen LogP) is 2.28. The largest absolute Gasteiger partial charge is 0.494 e. The van der Waals surface area contributed by atoms with Crippen LogP contribution in [0.1, 0.15) is 22.9 Å². The summed E-state index contributed by atoms with van der Waals surface area (Å²) >= 11 is 0. The monoisotopic (exact) mass is 275 g/mol. The van der Waals surface area contributed by atoms with Crippen molar-refractivity contribution < 1.29 is 9.13 Å². The minimum absolute atomic E-state index is 0.0931. The molecule has 1 unspecified atom stereocenters. The number of ether oxygens (including phenoxy) is 1. The van der Waals surface area contributed by atoms with Gasteiger partial charge in [-0.25, -0.2) is 4.39 Å². The van der Waals surface area contributed by atoms with E-state index in [2.05, 4.69) is 10.4 Å². The quantitative estimate of drug-likeness (QED) is 0.649. The molecule has 0 fully saturated rings. The number of hydrogen-bond donors (Lipinski definition) is 2. The van der Waals surface area contributed by atoms with Gasteiger partial charge in [0.1, 0.15) is 0 Å². The lowest BCUT2D eigenvalue weighted by Gasteiger charge is -2.17. The topological polar surface area (TPSA) is 60.2 Å². The van der Waals surface area contributed by atoms with Gasteiger partial charge in [-0.05, 0) is 48.7 Å². The maximum Gasteiger partial charge on any atom is 0.165 e. The van der Waals surface area contributed by atoms with Crippen LogP contribution in [0.25, 0.3) is 0 Å². The summed E-state index contributed by atoms with van der Waals surface area (Å²) in [5.74, 6) is 5.48. The molecule has 20 heavy (non-hydrogen) atoms. The minimum atomic E-state index is -0.369. The van der Waals surface area contributed by atoms with E-state index >= 15 is 0 Å². The first-order valence-electron chi connectivity index (χ1n) is 6.35. The maximum absolute atomic E-state index is 13.7. The van der Waals surface area contributed by atoms with Crippen molar-refractivity contribution in [2.45, 2.75) is 19.4 Å². The first kappa shape index (κ1) is 14.4. The van der Waals surface area contributed by atoms with Crippen molar-refractivity contribution in [2.75, 3.05) is 7.11 Å². The molecular formula is C15H18FN3O. The number of nitrogens with two attached hydrogens (primary N) is 1. The average Bonchev–Trinajstić information content (AvgIpc) is 2.45. The molecule has 1 aromatic carbocycles. The van der Waals surface area contributed by atoms with E-state index < -0.39 is 0 Å². The number of methoxy groups -OCH3 is 1. The van der Waals surface area contributed by atoms with Crippen LogP contribution in [0, 0.1) is 12.7 Å². The Morgan fingerprint density at radius 1 is 1.35 bits per heavy atom. The number of nitrogens with zero attached hydrogens (tertiary/aromatic N) is 1. The van der Waals surface area contributed by atoms with Gasteiger partial charge in [-0.2, -0.15) is 0 Å². The van der Waals surface area contributed by atoms with E-state index in [1.54, 1.807) is 12.3 Å². The van der Waals surface area contributed by atoms with Gasteiger partial charge in [0.15, 0.2) is 11.6 Å². The number of hydrogen-bond acceptors (Lipinski definition) is 4. The van der Waals surface area contributed by atoms with Crippen LogP contribution >= 0.6 is 0 Å². The van der Waals surface area contributed by atoms with Crippen LogP contribution < -0.4 is 16.0 Å². The number of hydrazine groups is 1. The Labute approximate surface area is 117 Å². The van der Waals surface area contributed by atoms with E-state index in [1.807, 2.05) is 25.1 Å². The molecule has 0 aliphatic rings. The summed E-state index contributed by atoms with van der Waals surface area (Å²) < 4.78 is 18.6. The highest BCUT2D eigenvalue weighted by molar-refractivity contribution is 5.31. The van der Waals surface area contributed by atoms with E-state index in [1.165, 1.54) is 13.2 Å². The lowest BCUT2D eigenvalue weighted by molar-refractivity contribution is 0.386. The van der Waals surface area contributed by atoms with Crippen LogP contribution in [0.4, 0.5) is 4.39 Å². The zero-order valence-corrected chi connectivity index (χ0v) is 11.6. The molecule has 0 spiro atoms. The summed E-state index contributed by atoms with van der Waals surface area (Å²) in [6.45, 7) is 1.92. The molecule has 2 rings (SSSR count). The first-order chi connectivity index (χ1) is 9.63. The Morgan fingerprint density at radius 3 is 2.75 bits per heavy atom. The maximum atomic E-state index is 13.7. The fourth-order valence-corrected chi connectivity index (χ4v) is 2.13. The fourth-order valence-electron chi connectivity index (χ4n) is 2.13. The summed E-state index contributed by atoms with van der Waals surface area (Å²) in [5, 5.41) is 0. The van der Waals surface area contributed by atoms with Gasteiger partial charge in [-0.1, -0.05) is 6.07 Å². The van der Waals surface area contributed by atoms with E-state index in [0.717, 1.165) is 16.8 Å². The van der Waals surface area contributed by atoms with Crippen LogP contribution in [-0.2, 0) is 6.42 Å². The van der Waals surface area contributed by atoms with Crippen LogP contribution in [0.15, 0.2) is 36.5 Å². The highest BCUT2D eigenvalue weighted by Gasteiger charge is 2.12. The van der Waals surface area contributed by atoms with Crippen molar-refractivity contribution in [3.63, 3.8) is 0 Å². The van der Waals surface area contributed by atoms with Crippen molar-refractivity contribution in [3.05, 3.63) is 59.2 Å². The van der Waals surface area contributed by atoms with Crippen LogP contribution in [-0.4, -0.2) is 12.1 Å². The molecule has 0 aliphatic carbocycles. The molecule has 5 heteroatoms. The number of halogens is 1. The molecule has 0 saturated heterocycles. The van der Waals surface area contributed by atoms with E-state index in [-0.39, 0.29) is 17.6 Å². The average molecular weight is 275 g/mol. The number of nitrogens with one attached hydrogen (secondary N) is 1. The van der Waals surface area contributed by atoms with Gasteiger partial charge in [-0.3, -0.25) is 16.3 Å². The lowest BCUT2D eigenvalue weighted by atomic mass is 9.99. The molecule has 0 aliphatic heterocycles. The molecule has 1 atom stereocenters. The molecule has 2 aromatic rings. The first-order valence-corrected chi connectivity index (χ1v) is 6.35. The number of benzene rings is 1. The normalized spacial score (nSPS) is 12.2. The molecule has 106 valence electrons. The third kappa shape index (κ3) is 3.31. The van der Waals surface area contributed by atoms with Gasteiger partial charge in [0.25, 0.3) is 0 Å². The zero-order chi connectivity index (χ0) is 14.5. The predicted molar refractivity (Wildman–Crippen MR) is 75.7 cm³/mol. The number of aromatic nitrogens is 1. The molecule has 0 radical (unpaired) electrons. The van der Waals surface area contributed by atoms with Crippen molar-refractivity contribution >= 4 is 0 Å². The molecule has 0 saturated carbocycles. The Balaban J connectivity index is 2.20. The molecule has 3 N–H and O–H groups in total. The van der Waals surface area contributed by atoms with Gasteiger partial charge < -0.3 is 4.74 Å². The molecule has 1 heterocycles. The molecule has 0 amide bonds. The number of aryl methyl sites for hydroxylation is 1. The summed E-state index contributed by atoms with van der Waals surface area (Å²) in [4.78, 5) is 4.16. The summed E-state index contributed by atoms with van der Waals surface area (Å²) in [5.41, 5.74) is 5.55. The van der Waals surface area contributed by atoms with Gasteiger partial charge in [0, 0.05) is 11.9 Å². The molecule has 4 nitrogen and oxygen atoms in total. The molecule has 1 aromatic heterocycles. The lowest BCUT2D eigenvalue weighted by Crippen LogP contribution is -2.29. The standard InChI is InChI=1S/C15H18FN3O/c1-10-7-12(5-6-18-10)14(19-17)9-11-3-4-15(20-2)13(16)8-11/h3-8,14,19H,9,17H2,1-2H3. The van der Waals surface area contributed by atoms with Crippen LogP contribution in [0.5, 0.6) is 5.75 Å². The Hall–Kier alpha value is -1.98. The number of pyridine rings is 1. The van der Waals surface area contributed by atoms with Crippen LogP contribution in [0.3, 0.4) is 0 Å². The summed E-state index contributed by atoms with van der Waals surface area (Å²) in [6, 6.07) is 8.69. The van der Waals surface area contributed by atoms with Crippen molar-refractivity contribution in [1.82, 2.24) is 10.4 Å². The third-order valence-corrected chi connectivity index (χ3v) is 3.18. The minimum Gasteiger partial charge on any atom is -0.494 e. The summed E-state index contributed by atoms with van der Waals surface area (Å²) in [6.07, 6.45) is 2.32. The van der Waals surface area contributed by atoms with Gasteiger partial charge >= 0.3 is 0 Å². The Kier molecular flexibility index (Phi) is 4.65. The van der Waals surface area contributed by atoms with Crippen molar-refractivity contribution in [3.8, 4) is 5.75 Å². The highest BCUT2D eigenvalue weighted by Crippen LogP contribution is 2.22. The van der Waals surface area contributed by atoms with E-state index in [0.29, 0.717) is 6.42 Å².